The van der Waals surface area contributed by atoms with E-state index in [0.29, 0.717) is 10.3 Å². The van der Waals surface area contributed by atoms with Crippen LogP contribution in [-0.2, 0) is 6.54 Å². The van der Waals surface area contributed by atoms with E-state index in [-0.39, 0.29) is 11.5 Å². The van der Waals surface area contributed by atoms with Crippen LogP contribution in [0.25, 0.3) is 11.4 Å². The van der Waals surface area contributed by atoms with Gasteiger partial charge in [-0.05, 0) is 28.3 Å². The highest BCUT2D eigenvalue weighted by atomic mass is 79.9. The number of nitrogens with zero attached hydrogens (tertiary/aromatic N) is 3. The van der Waals surface area contributed by atoms with E-state index in [4.69, 9.17) is 0 Å². The number of H-pyrrole nitrogens is 1. The maximum absolute atomic E-state index is 11.9. The lowest BCUT2D eigenvalue weighted by Gasteiger charge is -2.08. The van der Waals surface area contributed by atoms with Crippen molar-refractivity contribution in [2.75, 3.05) is 0 Å². The molecule has 19 heavy (non-hydrogen) atoms. The normalized spacial score (nSPS) is 11.2. The van der Waals surface area contributed by atoms with Crippen LogP contribution in [0.15, 0.2) is 21.7 Å². The van der Waals surface area contributed by atoms with Crippen molar-refractivity contribution < 1.29 is 0 Å². The van der Waals surface area contributed by atoms with Crippen molar-refractivity contribution in [1.82, 2.24) is 19.7 Å². The van der Waals surface area contributed by atoms with Gasteiger partial charge in [-0.3, -0.25) is 9.48 Å². The zero-order valence-electron chi connectivity index (χ0n) is 11.3. The summed E-state index contributed by atoms with van der Waals surface area (Å²) in [5.41, 5.74) is 1.44. The molecule has 0 saturated carbocycles. The summed E-state index contributed by atoms with van der Waals surface area (Å²) >= 11 is 3.29. The second-order valence-corrected chi connectivity index (χ2v) is 5.55. The molecule has 0 bridgehead atoms. The number of hydrogen-bond donors (Lipinski definition) is 1. The molecule has 2 aromatic heterocycles. The van der Waals surface area contributed by atoms with E-state index in [1.165, 1.54) is 0 Å². The second-order valence-electron chi connectivity index (χ2n) is 4.76. The van der Waals surface area contributed by atoms with Gasteiger partial charge in [0.2, 0.25) is 0 Å². The lowest BCUT2D eigenvalue weighted by Crippen LogP contribution is -2.14. The number of aryl methyl sites for hydroxylation is 1. The molecule has 2 heterocycles. The molecule has 0 aliphatic rings. The topological polar surface area (TPSA) is 63.6 Å². The fourth-order valence-electron chi connectivity index (χ4n) is 1.83. The summed E-state index contributed by atoms with van der Waals surface area (Å²) in [4.78, 5) is 19.2. The van der Waals surface area contributed by atoms with Gasteiger partial charge in [0, 0.05) is 12.7 Å². The molecule has 2 aromatic rings. The van der Waals surface area contributed by atoms with Gasteiger partial charge in [-0.15, -0.1) is 0 Å². The quantitative estimate of drug-likeness (QED) is 0.940. The van der Waals surface area contributed by atoms with Crippen molar-refractivity contribution >= 4 is 15.9 Å². The van der Waals surface area contributed by atoms with E-state index in [1.54, 1.807) is 6.20 Å². The molecule has 5 nitrogen and oxygen atoms in total. The number of aromatic nitrogens is 4. The molecule has 0 amide bonds. The van der Waals surface area contributed by atoms with Crippen LogP contribution in [0.1, 0.15) is 38.8 Å². The van der Waals surface area contributed by atoms with Gasteiger partial charge in [0.25, 0.3) is 5.56 Å². The minimum absolute atomic E-state index is 0.156. The molecule has 0 aliphatic heterocycles. The summed E-state index contributed by atoms with van der Waals surface area (Å²) in [6.07, 6.45) is 4.65. The molecule has 102 valence electrons. The molecule has 0 radical (unpaired) electrons. The first-order valence-corrected chi connectivity index (χ1v) is 7.14. The molecule has 0 aromatic carbocycles. The molecule has 1 N–H and O–H groups in total. The molecule has 0 spiro atoms. The Morgan fingerprint density at radius 1 is 1.47 bits per heavy atom. The van der Waals surface area contributed by atoms with Crippen LogP contribution >= 0.6 is 15.9 Å². The van der Waals surface area contributed by atoms with Crippen molar-refractivity contribution in [3.05, 3.63) is 32.9 Å². The smallest absolute Gasteiger partial charge is 0.265 e. The number of halogens is 1. The molecule has 0 atom stereocenters. The Bertz CT molecular complexity index is 630. The lowest BCUT2D eigenvalue weighted by atomic mass is 10.1. The van der Waals surface area contributed by atoms with Crippen LogP contribution in [0.3, 0.4) is 0 Å². The first-order valence-electron chi connectivity index (χ1n) is 6.35. The van der Waals surface area contributed by atoms with Crippen LogP contribution in [0.4, 0.5) is 0 Å². The number of aromatic amines is 1. The van der Waals surface area contributed by atoms with Crippen molar-refractivity contribution in [2.45, 2.75) is 39.7 Å². The largest absolute Gasteiger partial charge is 0.305 e. The fraction of sp³-hybridized carbons (Fsp3) is 0.462. The Hall–Kier alpha value is -1.43. The Balaban J connectivity index is 2.47. The van der Waals surface area contributed by atoms with Crippen LogP contribution in [0.5, 0.6) is 0 Å². The maximum atomic E-state index is 11.9. The van der Waals surface area contributed by atoms with Gasteiger partial charge in [-0.25, -0.2) is 4.98 Å². The number of rotatable bonds is 4. The summed E-state index contributed by atoms with van der Waals surface area (Å²) in [6, 6.07) is 0. The third kappa shape index (κ3) is 2.94. The molecule has 0 saturated heterocycles. The Morgan fingerprint density at radius 3 is 2.84 bits per heavy atom. The van der Waals surface area contributed by atoms with E-state index < -0.39 is 0 Å². The molecular weight excluding hydrogens is 308 g/mol. The lowest BCUT2D eigenvalue weighted by molar-refractivity contribution is 0.603. The van der Waals surface area contributed by atoms with Gasteiger partial charge in [0.1, 0.15) is 10.3 Å². The molecule has 0 aliphatic carbocycles. The van der Waals surface area contributed by atoms with Gasteiger partial charge in [0.05, 0.1) is 17.5 Å². The molecule has 0 unspecified atom stereocenters. The van der Waals surface area contributed by atoms with Gasteiger partial charge in [-0.1, -0.05) is 20.8 Å². The highest BCUT2D eigenvalue weighted by molar-refractivity contribution is 9.10. The minimum Gasteiger partial charge on any atom is -0.305 e. The standard InChI is InChI=1S/C13H17BrN4O/c1-4-5-18-7-9(6-15-18)12-16-11(8(2)3)10(14)13(19)17-12/h6-8H,4-5H2,1-3H3,(H,16,17,19). The maximum Gasteiger partial charge on any atom is 0.265 e. The average molecular weight is 325 g/mol. The second kappa shape index (κ2) is 5.69. The minimum atomic E-state index is -0.156. The Labute approximate surface area is 120 Å². The Kier molecular flexibility index (Phi) is 4.19. The summed E-state index contributed by atoms with van der Waals surface area (Å²) in [6.45, 7) is 6.98. The molecule has 2 rings (SSSR count). The predicted octanol–water partition coefficient (Wildman–Crippen LogP) is 2.93. The van der Waals surface area contributed by atoms with Gasteiger partial charge in [0.15, 0.2) is 0 Å². The highest BCUT2D eigenvalue weighted by Gasteiger charge is 2.14. The van der Waals surface area contributed by atoms with E-state index >= 15 is 0 Å². The first kappa shape index (κ1) is 14.0. The molecule has 0 fully saturated rings. The van der Waals surface area contributed by atoms with Crippen molar-refractivity contribution in [3.63, 3.8) is 0 Å². The summed E-state index contributed by atoms with van der Waals surface area (Å²) in [7, 11) is 0. The average Bonchev–Trinajstić information content (AvgIpc) is 2.81. The van der Waals surface area contributed by atoms with Crippen LogP contribution in [0.2, 0.25) is 0 Å². The Morgan fingerprint density at radius 2 is 2.21 bits per heavy atom. The van der Waals surface area contributed by atoms with E-state index in [0.717, 1.165) is 24.2 Å². The van der Waals surface area contributed by atoms with Crippen molar-refractivity contribution in [2.24, 2.45) is 0 Å². The third-order valence-electron chi connectivity index (χ3n) is 2.79. The molecule has 6 heteroatoms. The fourth-order valence-corrected chi connectivity index (χ4v) is 2.48. The van der Waals surface area contributed by atoms with Crippen molar-refractivity contribution in [3.8, 4) is 11.4 Å². The zero-order valence-corrected chi connectivity index (χ0v) is 12.9. The van der Waals surface area contributed by atoms with Crippen LogP contribution in [-0.4, -0.2) is 19.7 Å². The summed E-state index contributed by atoms with van der Waals surface area (Å²) in [5.74, 6) is 0.750. The van der Waals surface area contributed by atoms with Crippen molar-refractivity contribution in [1.29, 1.82) is 0 Å². The molecular formula is C13H17BrN4O. The van der Waals surface area contributed by atoms with E-state index in [2.05, 4.69) is 37.9 Å². The van der Waals surface area contributed by atoms with Gasteiger partial charge in [-0.2, -0.15) is 5.10 Å². The zero-order chi connectivity index (χ0) is 14.0. The summed E-state index contributed by atoms with van der Waals surface area (Å²) < 4.78 is 2.36. The SMILES string of the molecule is CCCn1cc(-c2nc(C(C)C)c(Br)c(=O)[nH]2)cn1. The predicted molar refractivity (Wildman–Crippen MR) is 78.2 cm³/mol. The number of nitrogens with one attached hydrogen (secondary N) is 1. The highest BCUT2D eigenvalue weighted by Crippen LogP contribution is 2.22. The van der Waals surface area contributed by atoms with Crippen LogP contribution < -0.4 is 5.56 Å². The number of hydrogen-bond acceptors (Lipinski definition) is 3. The van der Waals surface area contributed by atoms with Gasteiger partial charge < -0.3 is 4.98 Å². The summed E-state index contributed by atoms with van der Waals surface area (Å²) in [5, 5.41) is 4.25. The van der Waals surface area contributed by atoms with Crippen LogP contribution in [0, 0.1) is 0 Å². The van der Waals surface area contributed by atoms with E-state index in [9.17, 15) is 4.79 Å². The first-order chi connectivity index (χ1) is 9.02. The monoisotopic (exact) mass is 324 g/mol. The van der Waals surface area contributed by atoms with E-state index in [1.807, 2.05) is 24.7 Å². The van der Waals surface area contributed by atoms with Gasteiger partial charge >= 0.3 is 0 Å². The third-order valence-corrected chi connectivity index (χ3v) is 3.56.